The number of benzene rings is 1. The van der Waals surface area contributed by atoms with Crippen LogP contribution in [0.2, 0.25) is 0 Å². The molecule has 30 heavy (non-hydrogen) atoms. The number of nitrogens with one attached hydrogen (secondary N) is 1. The molecule has 0 aliphatic carbocycles. The molecule has 6 heteroatoms. The first kappa shape index (κ1) is 20.4. The number of nitrogens with two attached hydrogens (primary N) is 1. The van der Waals surface area contributed by atoms with E-state index >= 15 is 0 Å². The van der Waals surface area contributed by atoms with Crippen LogP contribution in [0.1, 0.15) is 49.7 Å². The van der Waals surface area contributed by atoms with Crippen LogP contribution in [0.15, 0.2) is 42.5 Å². The van der Waals surface area contributed by atoms with E-state index in [0.717, 1.165) is 61.4 Å². The van der Waals surface area contributed by atoms with E-state index in [1.807, 2.05) is 6.92 Å². The molecule has 0 saturated heterocycles. The van der Waals surface area contributed by atoms with E-state index in [9.17, 15) is 0 Å². The highest BCUT2D eigenvalue weighted by Crippen LogP contribution is 2.29. The van der Waals surface area contributed by atoms with Gasteiger partial charge in [0.15, 0.2) is 5.65 Å². The van der Waals surface area contributed by atoms with Crippen molar-refractivity contribution in [3.05, 3.63) is 59.5 Å². The van der Waals surface area contributed by atoms with Gasteiger partial charge in [0, 0.05) is 18.3 Å². The third-order valence-corrected chi connectivity index (χ3v) is 5.85. The van der Waals surface area contributed by atoms with Gasteiger partial charge in [0.05, 0.1) is 16.7 Å². The van der Waals surface area contributed by atoms with Gasteiger partial charge in [-0.3, -0.25) is 4.40 Å². The van der Waals surface area contributed by atoms with Gasteiger partial charge in [-0.15, -0.1) is 10.2 Å². The predicted molar refractivity (Wildman–Crippen MR) is 124 cm³/mol. The molecule has 0 spiro atoms. The second-order valence-corrected chi connectivity index (χ2v) is 8.15. The molecule has 0 bridgehead atoms. The zero-order valence-electron chi connectivity index (χ0n) is 18.2. The van der Waals surface area contributed by atoms with Crippen LogP contribution in [0.5, 0.6) is 0 Å². The minimum absolute atomic E-state index is 0.385. The largest absolute Gasteiger partial charge is 0.379 e. The van der Waals surface area contributed by atoms with Gasteiger partial charge in [-0.05, 0) is 57.4 Å². The normalized spacial score (nSPS) is 12.7. The maximum atomic E-state index is 5.77. The van der Waals surface area contributed by atoms with Crippen LogP contribution in [0.25, 0.3) is 16.7 Å². The Labute approximate surface area is 178 Å². The molecule has 0 aliphatic rings. The van der Waals surface area contributed by atoms with Gasteiger partial charge < -0.3 is 15.6 Å². The number of anilines is 1. The molecule has 0 aliphatic heterocycles. The molecular formula is C24H32N6. The van der Waals surface area contributed by atoms with E-state index in [-0.39, 0.29) is 0 Å². The molecule has 3 heterocycles. The van der Waals surface area contributed by atoms with E-state index in [4.69, 9.17) is 5.73 Å². The topological polar surface area (TPSA) is 73.2 Å². The summed E-state index contributed by atoms with van der Waals surface area (Å²) in [4.78, 5) is 0. The Morgan fingerprint density at radius 1 is 1.03 bits per heavy atom. The van der Waals surface area contributed by atoms with Crippen molar-refractivity contribution in [1.29, 1.82) is 0 Å². The fourth-order valence-corrected chi connectivity index (χ4v) is 4.34. The van der Waals surface area contributed by atoms with Gasteiger partial charge in [-0.25, -0.2) is 0 Å². The lowest BCUT2D eigenvalue weighted by Crippen LogP contribution is -2.21. The number of pyridine rings is 1. The highest BCUT2D eigenvalue weighted by molar-refractivity contribution is 5.88. The highest BCUT2D eigenvalue weighted by Gasteiger charge is 2.18. The molecule has 6 nitrogen and oxygen atoms in total. The molecule has 1 atom stereocenters. The van der Waals surface area contributed by atoms with Crippen molar-refractivity contribution in [3.63, 3.8) is 0 Å². The summed E-state index contributed by atoms with van der Waals surface area (Å²) in [6.45, 7) is 7.98. The van der Waals surface area contributed by atoms with E-state index < -0.39 is 0 Å². The molecule has 158 valence electrons. The predicted octanol–water partition coefficient (Wildman–Crippen LogP) is 4.67. The minimum atomic E-state index is 0.385. The molecule has 1 aromatic carbocycles. The van der Waals surface area contributed by atoms with Gasteiger partial charge in [0.25, 0.3) is 0 Å². The van der Waals surface area contributed by atoms with E-state index in [1.54, 1.807) is 0 Å². The third-order valence-electron chi connectivity index (χ3n) is 5.85. The average Bonchev–Trinajstić information content (AvgIpc) is 3.28. The number of aromatic nitrogens is 4. The van der Waals surface area contributed by atoms with Crippen LogP contribution in [0, 0.1) is 13.8 Å². The van der Waals surface area contributed by atoms with E-state index in [2.05, 4.69) is 80.8 Å². The molecule has 0 fully saturated rings. The molecule has 0 amide bonds. The molecule has 4 rings (SSSR count). The van der Waals surface area contributed by atoms with Gasteiger partial charge in [0.2, 0.25) is 0 Å². The maximum absolute atomic E-state index is 5.77. The van der Waals surface area contributed by atoms with Gasteiger partial charge >= 0.3 is 0 Å². The lowest BCUT2D eigenvalue weighted by Gasteiger charge is -2.20. The second kappa shape index (κ2) is 8.88. The first-order valence-electron chi connectivity index (χ1n) is 11.0. The Bertz CT molecular complexity index is 1130. The van der Waals surface area contributed by atoms with Crippen molar-refractivity contribution >= 4 is 22.4 Å². The molecule has 3 N–H and O–H groups in total. The maximum Gasteiger partial charge on any atom is 0.184 e. The first-order valence-corrected chi connectivity index (χ1v) is 11.0. The Balaban J connectivity index is 1.82. The molecule has 4 aromatic rings. The summed E-state index contributed by atoms with van der Waals surface area (Å²) in [6, 6.07) is 15.5. The summed E-state index contributed by atoms with van der Waals surface area (Å²) in [5.74, 6) is 0.907. The summed E-state index contributed by atoms with van der Waals surface area (Å²) in [7, 11) is 0. The fraction of sp³-hybridized carbons (Fsp3) is 0.417. The number of hydrogen-bond donors (Lipinski definition) is 2. The van der Waals surface area contributed by atoms with E-state index in [0.29, 0.717) is 6.04 Å². The SMILES string of the molecule is CCCC(CCCN)Nc1cc2c(cc(C)n2Cc2ccccc2)n2c(C)nnc12. The van der Waals surface area contributed by atoms with E-state index in [1.165, 1.54) is 16.8 Å². The quantitative estimate of drug-likeness (QED) is 0.425. The lowest BCUT2D eigenvalue weighted by atomic mass is 10.1. The molecule has 0 saturated carbocycles. The van der Waals surface area contributed by atoms with Gasteiger partial charge in [-0.1, -0.05) is 43.7 Å². The fourth-order valence-electron chi connectivity index (χ4n) is 4.34. The minimum Gasteiger partial charge on any atom is -0.379 e. The van der Waals surface area contributed by atoms with Crippen molar-refractivity contribution < 1.29 is 0 Å². The second-order valence-electron chi connectivity index (χ2n) is 8.15. The van der Waals surface area contributed by atoms with Crippen molar-refractivity contribution in [2.24, 2.45) is 5.73 Å². The standard InChI is InChI=1S/C24H32N6/c1-4-9-20(12-8-13-25)26-21-15-22-23(30-18(3)27-28-24(21)30)14-17(2)29(22)16-19-10-6-5-7-11-19/h5-7,10-11,14-15,20,26H,4,8-9,12-13,16,25H2,1-3H3. The lowest BCUT2D eigenvalue weighted by molar-refractivity contribution is 0.574. The highest BCUT2D eigenvalue weighted by atomic mass is 15.3. The summed E-state index contributed by atoms with van der Waals surface area (Å²) in [5, 5.41) is 12.7. The summed E-state index contributed by atoms with van der Waals surface area (Å²) < 4.78 is 4.56. The van der Waals surface area contributed by atoms with Crippen LogP contribution in [0.3, 0.4) is 0 Å². The Morgan fingerprint density at radius 2 is 1.83 bits per heavy atom. The monoisotopic (exact) mass is 404 g/mol. The Kier molecular flexibility index (Phi) is 6.04. The number of nitrogens with zero attached hydrogens (tertiary/aromatic N) is 4. The third kappa shape index (κ3) is 3.92. The zero-order valence-corrected chi connectivity index (χ0v) is 18.2. The van der Waals surface area contributed by atoms with Crippen LogP contribution in [-0.2, 0) is 6.54 Å². The van der Waals surface area contributed by atoms with Gasteiger partial charge in [-0.2, -0.15) is 0 Å². The smallest absolute Gasteiger partial charge is 0.184 e. The molecule has 0 radical (unpaired) electrons. The Hall–Kier alpha value is -2.86. The number of aryl methyl sites for hydroxylation is 2. The first-order chi connectivity index (χ1) is 14.6. The van der Waals surface area contributed by atoms with Crippen LogP contribution in [-0.4, -0.2) is 31.8 Å². The van der Waals surface area contributed by atoms with Crippen molar-refractivity contribution in [1.82, 2.24) is 19.2 Å². The van der Waals surface area contributed by atoms with Gasteiger partial charge in [0.1, 0.15) is 5.82 Å². The summed E-state index contributed by atoms with van der Waals surface area (Å²) >= 11 is 0. The molecular weight excluding hydrogens is 372 g/mol. The number of rotatable bonds is 9. The molecule has 3 aromatic heterocycles. The summed E-state index contributed by atoms with van der Waals surface area (Å²) in [6.07, 6.45) is 4.33. The summed E-state index contributed by atoms with van der Waals surface area (Å²) in [5.41, 5.74) is 12.6. The van der Waals surface area contributed by atoms with Crippen LogP contribution < -0.4 is 11.1 Å². The van der Waals surface area contributed by atoms with Crippen LogP contribution in [0.4, 0.5) is 5.69 Å². The Morgan fingerprint density at radius 3 is 2.57 bits per heavy atom. The number of fused-ring (bicyclic) bond motifs is 3. The molecule has 1 unspecified atom stereocenters. The van der Waals surface area contributed by atoms with Crippen molar-refractivity contribution in [2.45, 2.75) is 59.0 Å². The average molecular weight is 405 g/mol. The zero-order chi connectivity index (χ0) is 21.1. The van der Waals surface area contributed by atoms with Crippen molar-refractivity contribution in [2.75, 3.05) is 11.9 Å². The van der Waals surface area contributed by atoms with Crippen molar-refractivity contribution in [3.8, 4) is 0 Å². The number of hydrogen-bond acceptors (Lipinski definition) is 4. The van der Waals surface area contributed by atoms with Crippen LogP contribution >= 0.6 is 0 Å².